The third-order valence-corrected chi connectivity index (χ3v) is 3.92. The quantitative estimate of drug-likeness (QED) is 0.905. The Labute approximate surface area is 116 Å². The molecule has 0 aliphatic carbocycles. The smallest absolute Gasteiger partial charge is 0.124 e. The van der Waals surface area contributed by atoms with Crippen LogP contribution in [0.2, 0.25) is 0 Å². The summed E-state index contributed by atoms with van der Waals surface area (Å²) in [4.78, 5) is 0. The van der Waals surface area contributed by atoms with Crippen LogP contribution >= 0.6 is 0 Å². The number of nitrogens with one attached hydrogen (secondary N) is 1. The maximum Gasteiger partial charge on any atom is 0.124 e. The van der Waals surface area contributed by atoms with Gasteiger partial charge < -0.3 is 14.8 Å². The Kier molecular flexibility index (Phi) is 4.83. The van der Waals surface area contributed by atoms with Crippen molar-refractivity contribution in [3.05, 3.63) is 28.8 Å². The van der Waals surface area contributed by atoms with Crippen LogP contribution in [0.15, 0.2) is 12.1 Å². The maximum atomic E-state index is 5.95. The summed E-state index contributed by atoms with van der Waals surface area (Å²) < 4.78 is 11.5. The average molecular weight is 263 g/mol. The van der Waals surface area contributed by atoms with E-state index in [1.54, 1.807) is 7.11 Å². The summed E-state index contributed by atoms with van der Waals surface area (Å²) in [5.41, 5.74) is 3.74. The van der Waals surface area contributed by atoms with Crippen molar-refractivity contribution in [1.82, 2.24) is 5.32 Å². The summed E-state index contributed by atoms with van der Waals surface area (Å²) >= 11 is 0. The van der Waals surface area contributed by atoms with Gasteiger partial charge in [0, 0.05) is 12.2 Å². The molecule has 19 heavy (non-hydrogen) atoms. The Morgan fingerprint density at radius 3 is 2.68 bits per heavy atom. The highest BCUT2D eigenvalue weighted by molar-refractivity contribution is 5.45. The number of likely N-dealkylation sites (N-methyl/N-ethyl adjacent to an activating group) is 1. The molecule has 2 atom stereocenters. The van der Waals surface area contributed by atoms with Crippen LogP contribution in [0.1, 0.15) is 42.0 Å². The lowest BCUT2D eigenvalue weighted by Crippen LogP contribution is -2.34. The molecule has 1 aromatic carbocycles. The summed E-state index contributed by atoms with van der Waals surface area (Å²) in [6.45, 7) is 5.12. The van der Waals surface area contributed by atoms with Crippen molar-refractivity contribution in [2.24, 2.45) is 0 Å². The van der Waals surface area contributed by atoms with Crippen LogP contribution in [-0.4, -0.2) is 26.9 Å². The topological polar surface area (TPSA) is 30.5 Å². The van der Waals surface area contributed by atoms with E-state index in [9.17, 15) is 0 Å². The molecular weight excluding hydrogens is 238 g/mol. The van der Waals surface area contributed by atoms with Crippen LogP contribution in [0, 0.1) is 13.8 Å². The van der Waals surface area contributed by atoms with Crippen LogP contribution in [0.3, 0.4) is 0 Å². The first-order valence-corrected chi connectivity index (χ1v) is 7.11. The molecule has 1 aliphatic rings. The zero-order chi connectivity index (χ0) is 13.8. The molecule has 1 heterocycles. The van der Waals surface area contributed by atoms with Gasteiger partial charge in [-0.05, 0) is 57.4 Å². The molecular formula is C16H25NO2. The van der Waals surface area contributed by atoms with E-state index in [4.69, 9.17) is 9.47 Å². The molecule has 106 valence electrons. The highest BCUT2D eigenvalue weighted by Gasteiger charge is 2.28. The average Bonchev–Trinajstić information content (AvgIpc) is 2.42. The first-order valence-electron chi connectivity index (χ1n) is 7.11. The van der Waals surface area contributed by atoms with Crippen LogP contribution in [-0.2, 0) is 4.74 Å². The molecule has 1 saturated heterocycles. The van der Waals surface area contributed by atoms with Crippen LogP contribution in [0.5, 0.6) is 5.75 Å². The Hall–Kier alpha value is -1.06. The molecule has 1 aliphatic heterocycles. The van der Waals surface area contributed by atoms with Crippen LogP contribution < -0.4 is 10.1 Å². The molecule has 1 fully saturated rings. The summed E-state index contributed by atoms with van der Waals surface area (Å²) in [6, 6.07) is 4.52. The van der Waals surface area contributed by atoms with E-state index < -0.39 is 0 Å². The molecule has 1 N–H and O–H groups in total. The number of hydrogen-bond acceptors (Lipinski definition) is 3. The fourth-order valence-electron chi connectivity index (χ4n) is 3.05. The lowest BCUT2D eigenvalue weighted by Gasteiger charge is -2.32. The Balaban J connectivity index is 2.36. The van der Waals surface area contributed by atoms with E-state index in [0.29, 0.717) is 0 Å². The zero-order valence-corrected chi connectivity index (χ0v) is 12.5. The SMILES string of the molecule is CNC(c1c(C)cc(C)cc1OC)C1CCCCO1. The van der Waals surface area contributed by atoms with Gasteiger partial charge in [-0.2, -0.15) is 0 Å². The highest BCUT2D eigenvalue weighted by Crippen LogP contribution is 2.35. The lowest BCUT2D eigenvalue weighted by molar-refractivity contribution is -0.00718. The molecule has 0 spiro atoms. The molecule has 2 rings (SSSR count). The molecule has 0 amide bonds. The molecule has 0 saturated carbocycles. The number of ether oxygens (including phenoxy) is 2. The van der Waals surface area contributed by atoms with Crippen molar-refractivity contribution >= 4 is 0 Å². The van der Waals surface area contributed by atoms with Crippen LogP contribution in [0.4, 0.5) is 0 Å². The first-order chi connectivity index (χ1) is 9.17. The fourth-order valence-corrected chi connectivity index (χ4v) is 3.05. The van der Waals surface area contributed by atoms with E-state index in [1.807, 2.05) is 7.05 Å². The van der Waals surface area contributed by atoms with Gasteiger partial charge in [-0.1, -0.05) is 6.07 Å². The van der Waals surface area contributed by atoms with E-state index in [-0.39, 0.29) is 12.1 Å². The second kappa shape index (κ2) is 6.40. The minimum absolute atomic E-state index is 0.204. The van der Waals surface area contributed by atoms with Gasteiger partial charge in [-0.15, -0.1) is 0 Å². The molecule has 3 nitrogen and oxygen atoms in total. The Morgan fingerprint density at radius 2 is 2.11 bits per heavy atom. The Morgan fingerprint density at radius 1 is 1.32 bits per heavy atom. The summed E-state index contributed by atoms with van der Waals surface area (Å²) in [5.74, 6) is 0.964. The molecule has 0 radical (unpaired) electrons. The molecule has 2 unspecified atom stereocenters. The van der Waals surface area contributed by atoms with E-state index in [2.05, 4.69) is 31.3 Å². The molecule has 0 aromatic heterocycles. The van der Waals surface area contributed by atoms with Crippen LogP contribution in [0.25, 0.3) is 0 Å². The summed E-state index contributed by atoms with van der Waals surface area (Å²) in [5, 5.41) is 3.42. The predicted octanol–water partition coefficient (Wildman–Crippen LogP) is 3.14. The fraction of sp³-hybridized carbons (Fsp3) is 0.625. The van der Waals surface area contributed by atoms with Gasteiger partial charge in [0.25, 0.3) is 0 Å². The van der Waals surface area contributed by atoms with Gasteiger partial charge in [0.1, 0.15) is 5.75 Å². The molecule has 0 bridgehead atoms. The number of aryl methyl sites for hydroxylation is 2. The van der Waals surface area contributed by atoms with Gasteiger partial charge in [0.2, 0.25) is 0 Å². The normalized spacial score (nSPS) is 21.2. The van der Waals surface area contributed by atoms with Crippen molar-refractivity contribution < 1.29 is 9.47 Å². The second-order valence-electron chi connectivity index (χ2n) is 5.37. The first kappa shape index (κ1) is 14.4. The Bertz CT molecular complexity index is 425. The van der Waals surface area contributed by atoms with Gasteiger partial charge in [-0.25, -0.2) is 0 Å². The van der Waals surface area contributed by atoms with E-state index >= 15 is 0 Å². The third-order valence-electron chi connectivity index (χ3n) is 3.92. The minimum Gasteiger partial charge on any atom is -0.496 e. The van der Waals surface area contributed by atoms with Gasteiger partial charge in [-0.3, -0.25) is 0 Å². The minimum atomic E-state index is 0.204. The van der Waals surface area contributed by atoms with Crippen molar-refractivity contribution in [1.29, 1.82) is 0 Å². The zero-order valence-electron chi connectivity index (χ0n) is 12.5. The van der Waals surface area contributed by atoms with E-state index in [1.165, 1.54) is 29.5 Å². The van der Waals surface area contributed by atoms with Crippen molar-refractivity contribution in [3.63, 3.8) is 0 Å². The summed E-state index contributed by atoms with van der Waals surface area (Å²) in [6.07, 6.45) is 3.78. The van der Waals surface area contributed by atoms with Gasteiger partial charge in [0.05, 0.1) is 19.3 Å². The summed E-state index contributed by atoms with van der Waals surface area (Å²) in [7, 11) is 3.74. The van der Waals surface area contributed by atoms with Crippen molar-refractivity contribution in [2.45, 2.75) is 45.3 Å². The van der Waals surface area contributed by atoms with Crippen molar-refractivity contribution in [2.75, 3.05) is 20.8 Å². The highest BCUT2D eigenvalue weighted by atomic mass is 16.5. The largest absolute Gasteiger partial charge is 0.496 e. The predicted molar refractivity (Wildman–Crippen MR) is 77.9 cm³/mol. The number of benzene rings is 1. The maximum absolute atomic E-state index is 5.95. The van der Waals surface area contributed by atoms with Gasteiger partial charge in [0.15, 0.2) is 0 Å². The number of rotatable bonds is 4. The monoisotopic (exact) mass is 263 g/mol. The molecule has 3 heteroatoms. The molecule has 1 aromatic rings. The number of methoxy groups -OCH3 is 1. The second-order valence-corrected chi connectivity index (χ2v) is 5.37. The van der Waals surface area contributed by atoms with E-state index in [0.717, 1.165) is 18.8 Å². The lowest BCUT2D eigenvalue weighted by atomic mass is 9.91. The third kappa shape index (κ3) is 3.10. The van der Waals surface area contributed by atoms with Gasteiger partial charge >= 0.3 is 0 Å². The van der Waals surface area contributed by atoms with Crippen molar-refractivity contribution in [3.8, 4) is 5.75 Å². The standard InChI is InChI=1S/C16H25NO2/c1-11-9-12(2)15(14(10-11)18-4)16(17-3)13-7-5-6-8-19-13/h9-10,13,16-17H,5-8H2,1-4H3. The number of hydrogen-bond donors (Lipinski definition) is 1.